The summed E-state index contributed by atoms with van der Waals surface area (Å²) in [4.78, 5) is 12.6. The first-order valence-electron chi connectivity index (χ1n) is 5.12. The number of hydrogen-bond donors (Lipinski definition) is 0. The van der Waals surface area contributed by atoms with E-state index in [1.54, 1.807) is 0 Å². The lowest BCUT2D eigenvalue weighted by Gasteiger charge is -2.16. The molecule has 0 atom stereocenters. The normalized spacial score (nSPS) is 11.4. The Labute approximate surface area is 96.8 Å². The molecule has 1 aromatic heterocycles. The standard InChI is InChI=1S/C12H18OSSi/c1-10(9-15(2,3)4)8-11(13)12-6-5-7-14-12/h5-7H,1,8-9H2,2-4H3. The van der Waals surface area contributed by atoms with Crippen LogP contribution in [0.25, 0.3) is 0 Å². The summed E-state index contributed by atoms with van der Waals surface area (Å²) in [5.74, 6) is 0.216. The predicted octanol–water partition coefficient (Wildman–Crippen LogP) is 4.22. The van der Waals surface area contributed by atoms with Gasteiger partial charge in [0.25, 0.3) is 0 Å². The number of rotatable bonds is 5. The third-order valence-electron chi connectivity index (χ3n) is 1.99. The number of Topliss-reactive ketones (excluding diaryl/α,β-unsaturated/α-hetero) is 1. The van der Waals surface area contributed by atoms with Crippen molar-refractivity contribution in [2.24, 2.45) is 0 Å². The molecule has 0 N–H and O–H groups in total. The van der Waals surface area contributed by atoms with E-state index in [2.05, 4.69) is 26.2 Å². The van der Waals surface area contributed by atoms with Gasteiger partial charge >= 0.3 is 0 Å². The molecule has 1 aromatic rings. The average Bonchev–Trinajstić information content (AvgIpc) is 2.50. The first kappa shape index (κ1) is 12.4. The number of ketones is 1. The van der Waals surface area contributed by atoms with Crippen LogP contribution in [0.5, 0.6) is 0 Å². The molecular weight excluding hydrogens is 220 g/mol. The molecule has 1 nitrogen and oxygen atoms in total. The van der Waals surface area contributed by atoms with E-state index < -0.39 is 8.07 Å². The Morgan fingerprint density at radius 1 is 1.47 bits per heavy atom. The molecule has 1 heterocycles. The first-order valence-corrected chi connectivity index (χ1v) is 9.70. The first-order chi connectivity index (χ1) is 6.88. The van der Waals surface area contributed by atoms with Gasteiger partial charge in [-0.25, -0.2) is 0 Å². The zero-order valence-electron chi connectivity index (χ0n) is 9.67. The lowest BCUT2D eigenvalue weighted by molar-refractivity contribution is 0.0997. The summed E-state index contributed by atoms with van der Waals surface area (Å²) >= 11 is 1.51. The summed E-state index contributed by atoms with van der Waals surface area (Å²) in [6.07, 6.45) is 0.519. The fourth-order valence-electron chi connectivity index (χ4n) is 1.56. The smallest absolute Gasteiger partial charge is 0.176 e. The molecule has 0 spiro atoms. The van der Waals surface area contributed by atoms with Gasteiger partial charge < -0.3 is 0 Å². The minimum absolute atomic E-state index is 0.216. The van der Waals surface area contributed by atoms with Crippen molar-refractivity contribution in [3.05, 3.63) is 34.5 Å². The second kappa shape index (κ2) is 4.90. The van der Waals surface area contributed by atoms with Crippen molar-refractivity contribution in [1.82, 2.24) is 0 Å². The highest BCUT2D eigenvalue weighted by atomic mass is 32.1. The van der Waals surface area contributed by atoms with Crippen LogP contribution in [0.1, 0.15) is 16.1 Å². The van der Waals surface area contributed by atoms with Crippen LogP contribution >= 0.6 is 11.3 Å². The van der Waals surface area contributed by atoms with Gasteiger partial charge in [0.2, 0.25) is 0 Å². The van der Waals surface area contributed by atoms with E-state index in [9.17, 15) is 4.79 Å². The third kappa shape index (κ3) is 4.58. The summed E-state index contributed by atoms with van der Waals surface area (Å²) in [5, 5.41) is 1.94. The van der Waals surface area contributed by atoms with Crippen molar-refractivity contribution < 1.29 is 4.79 Å². The summed E-state index contributed by atoms with van der Waals surface area (Å²) < 4.78 is 0. The number of carbonyl (C=O) groups is 1. The van der Waals surface area contributed by atoms with Crippen molar-refractivity contribution in [1.29, 1.82) is 0 Å². The van der Waals surface area contributed by atoms with Gasteiger partial charge in [0, 0.05) is 14.5 Å². The molecule has 0 unspecified atom stereocenters. The molecule has 0 fully saturated rings. The maximum Gasteiger partial charge on any atom is 0.176 e. The van der Waals surface area contributed by atoms with Crippen LogP contribution in [0.2, 0.25) is 25.7 Å². The zero-order chi connectivity index (χ0) is 11.5. The Bertz CT molecular complexity index is 346. The molecular formula is C12H18OSSi. The monoisotopic (exact) mass is 238 g/mol. The Kier molecular flexibility index (Phi) is 4.05. The SMILES string of the molecule is C=C(CC(=O)c1cccs1)C[Si](C)(C)C. The van der Waals surface area contributed by atoms with Crippen molar-refractivity contribution in [3.63, 3.8) is 0 Å². The van der Waals surface area contributed by atoms with Crippen LogP contribution in [0.3, 0.4) is 0 Å². The van der Waals surface area contributed by atoms with Crippen LogP contribution < -0.4 is 0 Å². The molecule has 0 aliphatic heterocycles. The van der Waals surface area contributed by atoms with E-state index in [0.29, 0.717) is 6.42 Å². The largest absolute Gasteiger partial charge is 0.293 e. The molecule has 0 radical (unpaired) electrons. The summed E-state index contributed by atoms with van der Waals surface area (Å²) in [6, 6.07) is 4.85. The van der Waals surface area contributed by atoms with E-state index in [4.69, 9.17) is 0 Å². The second-order valence-corrected chi connectivity index (χ2v) is 11.5. The fourth-order valence-corrected chi connectivity index (χ4v) is 3.85. The summed E-state index contributed by atoms with van der Waals surface area (Å²) in [7, 11) is -1.12. The van der Waals surface area contributed by atoms with Crippen molar-refractivity contribution in [2.75, 3.05) is 0 Å². The van der Waals surface area contributed by atoms with E-state index in [1.165, 1.54) is 11.3 Å². The van der Waals surface area contributed by atoms with Crippen LogP contribution in [0.4, 0.5) is 0 Å². The molecule has 0 aliphatic carbocycles. The summed E-state index contributed by atoms with van der Waals surface area (Å²) in [6.45, 7) is 10.9. The van der Waals surface area contributed by atoms with E-state index in [0.717, 1.165) is 16.5 Å². The summed E-state index contributed by atoms with van der Waals surface area (Å²) in [5.41, 5.74) is 1.09. The Hall–Kier alpha value is -0.673. The minimum atomic E-state index is -1.12. The van der Waals surface area contributed by atoms with Crippen LogP contribution in [0.15, 0.2) is 29.7 Å². The number of allylic oxidation sites excluding steroid dienone is 1. The maximum absolute atomic E-state index is 11.8. The lowest BCUT2D eigenvalue weighted by Crippen LogP contribution is -2.20. The van der Waals surface area contributed by atoms with Crippen LogP contribution in [-0.2, 0) is 0 Å². The molecule has 0 saturated heterocycles. The van der Waals surface area contributed by atoms with Crippen molar-refractivity contribution >= 4 is 25.2 Å². The molecule has 0 amide bonds. The van der Waals surface area contributed by atoms with E-state index in [-0.39, 0.29) is 5.78 Å². The zero-order valence-corrected chi connectivity index (χ0v) is 11.5. The van der Waals surface area contributed by atoms with Gasteiger partial charge in [-0.15, -0.1) is 11.3 Å². The van der Waals surface area contributed by atoms with Crippen molar-refractivity contribution in [3.8, 4) is 0 Å². The van der Waals surface area contributed by atoms with Gasteiger partial charge in [-0.3, -0.25) is 4.79 Å². The second-order valence-electron chi connectivity index (χ2n) is 5.06. The molecule has 3 heteroatoms. The van der Waals surface area contributed by atoms with Gasteiger partial charge in [-0.2, -0.15) is 0 Å². The van der Waals surface area contributed by atoms with Gasteiger partial charge in [0.15, 0.2) is 5.78 Å². The Morgan fingerprint density at radius 2 is 2.13 bits per heavy atom. The number of hydrogen-bond acceptors (Lipinski definition) is 2. The third-order valence-corrected chi connectivity index (χ3v) is 4.46. The molecule has 0 saturated carbocycles. The topological polar surface area (TPSA) is 17.1 Å². The lowest BCUT2D eigenvalue weighted by atomic mass is 10.1. The molecule has 15 heavy (non-hydrogen) atoms. The molecule has 0 aliphatic rings. The molecule has 0 bridgehead atoms. The minimum Gasteiger partial charge on any atom is -0.293 e. The van der Waals surface area contributed by atoms with E-state index in [1.807, 2.05) is 17.5 Å². The van der Waals surface area contributed by atoms with Gasteiger partial charge in [-0.05, 0) is 17.5 Å². The van der Waals surface area contributed by atoms with Crippen LogP contribution in [0, 0.1) is 0 Å². The average molecular weight is 238 g/mol. The number of thiophene rings is 1. The van der Waals surface area contributed by atoms with Crippen molar-refractivity contribution in [2.45, 2.75) is 32.1 Å². The van der Waals surface area contributed by atoms with Gasteiger partial charge in [-0.1, -0.05) is 37.9 Å². The van der Waals surface area contributed by atoms with Gasteiger partial charge in [0.1, 0.15) is 0 Å². The highest BCUT2D eigenvalue weighted by Crippen LogP contribution is 2.20. The highest BCUT2D eigenvalue weighted by Gasteiger charge is 2.16. The molecule has 0 aromatic carbocycles. The Balaban J connectivity index is 2.50. The Morgan fingerprint density at radius 3 is 2.60 bits per heavy atom. The van der Waals surface area contributed by atoms with Gasteiger partial charge in [0.05, 0.1) is 4.88 Å². The predicted molar refractivity (Wildman–Crippen MR) is 70.6 cm³/mol. The molecule has 82 valence electrons. The van der Waals surface area contributed by atoms with Crippen LogP contribution in [-0.4, -0.2) is 13.9 Å². The quantitative estimate of drug-likeness (QED) is 0.426. The number of carbonyl (C=O) groups excluding carboxylic acids is 1. The van der Waals surface area contributed by atoms with E-state index >= 15 is 0 Å². The molecule has 1 rings (SSSR count). The maximum atomic E-state index is 11.8. The highest BCUT2D eigenvalue weighted by molar-refractivity contribution is 7.12. The fraction of sp³-hybridized carbons (Fsp3) is 0.417.